The molecule has 1 aliphatic heterocycles. The van der Waals surface area contributed by atoms with Gasteiger partial charge in [0.1, 0.15) is 5.82 Å². The van der Waals surface area contributed by atoms with E-state index < -0.39 is 38.4 Å². The molecule has 0 radical (unpaired) electrons. The number of ether oxygens (including phenoxy) is 1. The lowest BCUT2D eigenvalue weighted by molar-refractivity contribution is -0.143. The summed E-state index contributed by atoms with van der Waals surface area (Å²) in [5, 5.41) is 0. The van der Waals surface area contributed by atoms with Crippen LogP contribution < -0.4 is 9.62 Å². The Bertz CT molecular complexity index is 969. The number of hydrogen-bond donors (Lipinski definition) is 1. The molecule has 164 valence electrons. The lowest BCUT2D eigenvalue weighted by atomic mass is 10.1. The summed E-state index contributed by atoms with van der Waals surface area (Å²) in [5.41, 5.74) is -3.56. The highest BCUT2D eigenvalue weighted by molar-refractivity contribution is 7.92. The Morgan fingerprint density at radius 1 is 0.933 bits per heavy atom. The zero-order valence-corrected chi connectivity index (χ0v) is 15.9. The Balaban J connectivity index is 1.89. The predicted octanol–water partition coefficient (Wildman–Crippen LogP) is 3.76. The quantitative estimate of drug-likeness (QED) is 0.711. The fourth-order valence-electron chi connectivity index (χ4n) is 2.72. The maximum Gasteiger partial charge on any atom is 0.416 e. The molecular formula is C17H15F6N3O3S. The molecule has 6 nitrogen and oxygen atoms in total. The van der Waals surface area contributed by atoms with E-state index in [9.17, 15) is 34.8 Å². The summed E-state index contributed by atoms with van der Waals surface area (Å²) in [4.78, 5) is 4.79. The number of hydrogen-bond acceptors (Lipinski definition) is 5. The Morgan fingerprint density at radius 3 is 1.97 bits per heavy atom. The molecule has 0 saturated carbocycles. The molecule has 1 aromatic heterocycles. The smallest absolute Gasteiger partial charge is 0.378 e. The third kappa shape index (κ3) is 5.14. The fraction of sp³-hybridized carbons (Fsp3) is 0.353. The van der Waals surface area contributed by atoms with Gasteiger partial charge in [-0.25, -0.2) is 13.4 Å². The van der Waals surface area contributed by atoms with Gasteiger partial charge in [0, 0.05) is 13.1 Å². The van der Waals surface area contributed by atoms with Crippen molar-refractivity contribution in [2.24, 2.45) is 0 Å². The van der Waals surface area contributed by atoms with E-state index in [4.69, 9.17) is 4.74 Å². The number of halogens is 6. The summed E-state index contributed by atoms with van der Waals surface area (Å²) in [7, 11) is -4.74. The van der Waals surface area contributed by atoms with E-state index in [2.05, 4.69) is 4.98 Å². The third-order valence-electron chi connectivity index (χ3n) is 4.21. The second-order valence-corrected chi connectivity index (χ2v) is 8.03. The molecule has 2 heterocycles. The molecule has 1 fully saturated rings. The van der Waals surface area contributed by atoms with Crippen LogP contribution in [0.5, 0.6) is 0 Å². The maximum atomic E-state index is 13.0. The summed E-state index contributed by atoms with van der Waals surface area (Å²) in [6.45, 7) is 2.13. The highest BCUT2D eigenvalue weighted by Gasteiger charge is 2.38. The van der Waals surface area contributed by atoms with Gasteiger partial charge >= 0.3 is 12.4 Å². The highest BCUT2D eigenvalue weighted by atomic mass is 32.2. The van der Waals surface area contributed by atoms with E-state index in [1.807, 2.05) is 9.62 Å². The molecule has 1 aliphatic rings. The van der Waals surface area contributed by atoms with Crippen molar-refractivity contribution >= 4 is 21.5 Å². The zero-order chi connectivity index (χ0) is 22.2. The van der Waals surface area contributed by atoms with Crippen LogP contribution in [-0.2, 0) is 27.1 Å². The number of sulfonamides is 1. The van der Waals surface area contributed by atoms with E-state index in [0.29, 0.717) is 32.1 Å². The topological polar surface area (TPSA) is 71.5 Å². The molecule has 13 heteroatoms. The van der Waals surface area contributed by atoms with Crippen molar-refractivity contribution < 1.29 is 39.5 Å². The lowest BCUT2D eigenvalue weighted by Crippen LogP contribution is -2.36. The van der Waals surface area contributed by atoms with Crippen LogP contribution >= 0.6 is 0 Å². The molecule has 1 N–H and O–H groups in total. The number of alkyl halides is 6. The summed E-state index contributed by atoms with van der Waals surface area (Å²) in [6, 6.07) is 2.95. The van der Waals surface area contributed by atoms with Crippen molar-refractivity contribution in [2.75, 3.05) is 35.9 Å². The van der Waals surface area contributed by atoms with Crippen LogP contribution in [-0.4, -0.2) is 39.7 Å². The first kappa shape index (κ1) is 22.2. The molecule has 0 atom stereocenters. The van der Waals surface area contributed by atoms with Crippen molar-refractivity contribution in [3.63, 3.8) is 0 Å². The van der Waals surface area contributed by atoms with Gasteiger partial charge in [-0.2, -0.15) is 26.3 Å². The van der Waals surface area contributed by atoms with Crippen LogP contribution in [0.1, 0.15) is 11.1 Å². The zero-order valence-electron chi connectivity index (χ0n) is 15.1. The molecule has 0 unspecified atom stereocenters. The molecular weight excluding hydrogens is 440 g/mol. The number of rotatable bonds is 4. The molecule has 0 aliphatic carbocycles. The molecule has 30 heavy (non-hydrogen) atoms. The molecule has 1 aromatic carbocycles. The third-order valence-corrected chi connectivity index (χ3v) is 5.57. The fourth-order valence-corrected chi connectivity index (χ4v) is 3.83. The molecule has 3 rings (SSSR count). The van der Waals surface area contributed by atoms with Gasteiger partial charge in [0.25, 0.3) is 10.0 Å². The predicted molar refractivity (Wildman–Crippen MR) is 94.5 cm³/mol. The van der Waals surface area contributed by atoms with Crippen LogP contribution in [0.2, 0.25) is 0 Å². The largest absolute Gasteiger partial charge is 0.416 e. The monoisotopic (exact) mass is 455 g/mol. The lowest BCUT2D eigenvalue weighted by Gasteiger charge is -2.27. The average Bonchev–Trinajstić information content (AvgIpc) is 2.67. The van der Waals surface area contributed by atoms with Crippen LogP contribution in [0, 0.1) is 0 Å². The van der Waals surface area contributed by atoms with Crippen LogP contribution in [0.25, 0.3) is 0 Å². The normalized spacial score (nSPS) is 15.9. The summed E-state index contributed by atoms with van der Waals surface area (Å²) in [5.74, 6) is 0.527. The summed E-state index contributed by atoms with van der Waals surface area (Å²) >= 11 is 0. The van der Waals surface area contributed by atoms with Gasteiger partial charge in [0.15, 0.2) is 0 Å². The first-order valence-electron chi connectivity index (χ1n) is 8.47. The Kier molecular flexibility index (Phi) is 5.87. The van der Waals surface area contributed by atoms with E-state index in [1.54, 1.807) is 0 Å². The van der Waals surface area contributed by atoms with Crippen LogP contribution in [0.3, 0.4) is 0 Å². The first-order valence-corrected chi connectivity index (χ1v) is 9.96. The van der Waals surface area contributed by atoms with E-state index in [1.165, 1.54) is 12.1 Å². The Labute approximate surface area is 167 Å². The first-order chi connectivity index (χ1) is 13.9. The van der Waals surface area contributed by atoms with Gasteiger partial charge in [-0.1, -0.05) is 0 Å². The number of nitrogens with one attached hydrogen (secondary N) is 1. The van der Waals surface area contributed by atoms with Gasteiger partial charge < -0.3 is 9.64 Å². The average molecular weight is 455 g/mol. The molecule has 1 saturated heterocycles. The van der Waals surface area contributed by atoms with Crippen molar-refractivity contribution in [3.8, 4) is 0 Å². The van der Waals surface area contributed by atoms with Gasteiger partial charge in [-0.05, 0) is 30.3 Å². The van der Waals surface area contributed by atoms with Gasteiger partial charge in [-0.3, -0.25) is 4.72 Å². The number of aromatic nitrogens is 1. The van der Waals surface area contributed by atoms with Crippen LogP contribution in [0.15, 0.2) is 41.4 Å². The highest BCUT2D eigenvalue weighted by Crippen LogP contribution is 2.37. The number of benzene rings is 1. The SMILES string of the molecule is O=S(=O)(Nc1ccc(N2CCOCC2)nc1)c1cc(C(F)(F)F)cc(C(F)(F)F)c1. The minimum atomic E-state index is -5.16. The Morgan fingerprint density at radius 2 is 1.50 bits per heavy atom. The maximum absolute atomic E-state index is 13.0. The van der Waals surface area contributed by atoms with Gasteiger partial charge in [-0.15, -0.1) is 0 Å². The second kappa shape index (κ2) is 7.95. The van der Waals surface area contributed by atoms with E-state index in [-0.39, 0.29) is 23.9 Å². The molecule has 0 spiro atoms. The second-order valence-electron chi connectivity index (χ2n) is 6.35. The minimum absolute atomic E-state index is 0.113. The van der Waals surface area contributed by atoms with Crippen molar-refractivity contribution in [3.05, 3.63) is 47.7 Å². The Hall–Kier alpha value is -2.54. The standard InChI is InChI=1S/C17H15F6N3O3S/c18-16(19,20)11-7-12(17(21,22)23)9-14(8-11)30(27,28)25-13-1-2-15(24-10-13)26-3-5-29-6-4-26/h1-2,7-10,25H,3-6H2. The van der Waals surface area contributed by atoms with Crippen molar-refractivity contribution in [1.82, 2.24) is 4.98 Å². The van der Waals surface area contributed by atoms with Gasteiger partial charge in [0.05, 0.1) is 41.1 Å². The molecule has 2 aromatic rings. The van der Waals surface area contributed by atoms with Gasteiger partial charge in [0.2, 0.25) is 0 Å². The summed E-state index contributed by atoms with van der Waals surface area (Å²) in [6.07, 6.45) is -9.19. The minimum Gasteiger partial charge on any atom is -0.378 e. The number of pyridine rings is 1. The van der Waals surface area contributed by atoms with E-state index >= 15 is 0 Å². The number of nitrogens with zero attached hydrogens (tertiary/aromatic N) is 2. The molecule has 0 amide bonds. The number of morpholine rings is 1. The van der Waals surface area contributed by atoms with E-state index in [0.717, 1.165) is 6.20 Å². The van der Waals surface area contributed by atoms with Crippen molar-refractivity contribution in [2.45, 2.75) is 17.2 Å². The molecule has 0 bridgehead atoms. The number of anilines is 2. The van der Waals surface area contributed by atoms with Crippen molar-refractivity contribution in [1.29, 1.82) is 0 Å². The summed E-state index contributed by atoms with van der Waals surface area (Å²) < 4.78 is 110. The van der Waals surface area contributed by atoms with Crippen LogP contribution in [0.4, 0.5) is 37.8 Å².